The largest absolute Gasteiger partial charge is 0.324 e. The number of rotatable bonds is 3. The summed E-state index contributed by atoms with van der Waals surface area (Å²) in [5.41, 5.74) is 1.22. The molecule has 22 heavy (non-hydrogen) atoms. The van der Waals surface area contributed by atoms with Gasteiger partial charge in [0.15, 0.2) is 4.32 Å². The molecule has 0 radical (unpaired) electrons. The lowest BCUT2D eigenvalue weighted by Gasteiger charge is -2.13. The van der Waals surface area contributed by atoms with Crippen LogP contribution in [0, 0.1) is 10.1 Å². The Morgan fingerprint density at radius 3 is 2.91 bits per heavy atom. The molecule has 1 amide bonds. The zero-order valence-corrected chi connectivity index (χ0v) is 13.3. The van der Waals surface area contributed by atoms with Gasteiger partial charge in [-0.1, -0.05) is 35.3 Å². The molecule has 0 atom stereocenters. The molecule has 110 valence electrons. The molecule has 9 heteroatoms. The van der Waals surface area contributed by atoms with E-state index in [-0.39, 0.29) is 10.9 Å². The summed E-state index contributed by atoms with van der Waals surface area (Å²) in [5, 5.41) is 12.4. The fraction of sp³-hybridized carbons (Fsp3) is 0. The van der Waals surface area contributed by atoms with Crippen LogP contribution in [0.4, 0.5) is 10.7 Å². The lowest BCUT2D eigenvalue weighted by molar-refractivity contribution is -0.380. The molecule has 1 saturated heterocycles. The molecule has 0 saturated carbocycles. The van der Waals surface area contributed by atoms with Crippen LogP contribution in [0.3, 0.4) is 0 Å². The molecular formula is C13H7N3O3S3. The Morgan fingerprint density at radius 2 is 2.27 bits per heavy atom. The summed E-state index contributed by atoms with van der Waals surface area (Å²) in [6, 6.07) is 4.90. The maximum atomic E-state index is 12.5. The number of thiocarbonyl (C=S) groups is 1. The molecule has 1 fully saturated rings. The minimum Gasteiger partial charge on any atom is -0.268 e. The van der Waals surface area contributed by atoms with Gasteiger partial charge in [-0.2, -0.15) is 0 Å². The second-order valence-corrected chi connectivity index (χ2v) is 6.77. The lowest BCUT2D eigenvalue weighted by atomic mass is 10.3. The summed E-state index contributed by atoms with van der Waals surface area (Å²) in [7, 11) is 0. The van der Waals surface area contributed by atoms with Crippen molar-refractivity contribution in [2.75, 3.05) is 4.90 Å². The molecule has 2 aromatic rings. The van der Waals surface area contributed by atoms with Crippen LogP contribution in [0.2, 0.25) is 0 Å². The molecule has 0 aromatic carbocycles. The summed E-state index contributed by atoms with van der Waals surface area (Å²) in [6.45, 7) is 0. The first-order valence-electron chi connectivity index (χ1n) is 5.97. The zero-order valence-electron chi connectivity index (χ0n) is 10.8. The minimum atomic E-state index is -0.455. The Kier molecular flexibility index (Phi) is 4.01. The number of aromatic nitrogens is 1. The molecule has 1 aliphatic heterocycles. The van der Waals surface area contributed by atoms with Gasteiger partial charge in [-0.15, -0.1) is 0 Å². The normalized spacial score (nSPS) is 16.5. The number of nitrogens with zero attached hydrogens (tertiary/aromatic N) is 3. The Morgan fingerprint density at radius 1 is 1.45 bits per heavy atom. The third kappa shape index (κ3) is 2.78. The van der Waals surface area contributed by atoms with Crippen LogP contribution in [-0.4, -0.2) is 20.1 Å². The van der Waals surface area contributed by atoms with Gasteiger partial charge in [-0.3, -0.25) is 24.8 Å². The van der Waals surface area contributed by atoms with Gasteiger partial charge >= 0.3 is 5.00 Å². The monoisotopic (exact) mass is 349 g/mol. The molecule has 1 aliphatic rings. The quantitative estimate of drug-likeness (QED) is 0.365. The third-order valence-electron chi connectivity index (χ3n) is 2.78. The van der Waals surface area contributed by atoms with Crippen LogP contribution in [0.1, 0.15) is 5.56 Å². The SMILES string of the molecule is O=C1/C(=C/c2csc([N+](=O)[O-])c2)SC(=S)N1c1cccnc1. The van der Waals surface area contributed by atoms with Crippen molar-refractivity contribution in [1.82, 2.24) is 4.98 Å². The van der Waals surface area contributed by atoms with Gasteiger partial charge in [0.05, 0.1) is 21.7 Å². The smallest absolute Gasteiger partial charge is 0.268 e. The Balaban J connectivity index is 1.90. The number of thioether (sulfide) groups is 1. The van der Waals surface area contributed by atoms with Gasteiger partial charge in [0.1, 0.15) is 0 Å². The van der Waals surface area contributed by atoms with E-state index in [2.05, 4.69) is 4.98 Å². The van der Waals surface area contributed by atoms with Crippen LogP contribution in [-0.2, 0) is 4.79 Å². The average Bonchev–Trinajstić information content (AvgIpc) is 3.06. The average molecular weight is 349 g/mol. The highest BCUT2D eigenvalue weighted by Crippen LogP contribution is 2.36. The van der Waals surface area contributed by atoms with E-state index in [4.69, 9.17) is 12.2 Å². The summed E-state index contributed by atoms with van der Waals surface area (Å²) in [6.07, 6.45) is 4.78. The van der Waals surface area contributed by atoms with Crippen LogP contribution < -0.4 is 4.90 Å². The van der Waals surface area contributed by atoms with Crippen molar-refractivity contribution in [2.45, 2.75) is 0 Å². The number of anilines is 1. The van der Waals surface area contributed by atoms with Gasteiger partial charge < -0.3 is 0 Å². The zero-order chi connectivity index (χ0) is 15.7. The molecule has 0 N–H and O–H groups in total. The maximum absolute atomic E-state index is 12.5. The molecule has 0 spiro atoms. The first kappa shape index (κ1) is 14.8. The molecule has 2 aromatic heterocycles. The van der Waals surface area contributed by atoms with Gasteiger partial charge in [0.2, 0.25) is 0 Å². The maximum Gasteiger partial charge on any atom is 0.324 e. The third-order valence-corrected chi connectivity index (χ3v) is 4.98. The summed E-state index contributed by atoms with van der Waals surface area (Å²) < 4.78 is 0.411. The van der Waals surface area contributed by atoms with Crippen molar-refractivity contribution >= 4 is 62.3 Å². The number of nitro groups is 1. The molecule has 6 nitrogen and oxygen atoms in total. The minimum absolute atomic E-state index is 0.0361. The highest BCUT2D eigenvalue weighted by Gasteiger charge is 2.33. The fourth-order valence-electron chi connectivity index (χ4n) is 1.84. The van der Waals surface area contributed by atoms with Crippen molar-refractivity contribution in [2.24, 2.45) is 0 Å². The number of pyridine rings is 1. The number of thiophene rings is 1. The van der Waals surface area contributed by atoms with Gasteiger partial charge in [0.25, 0.3) is 5.91 Å². The van der Waals surface area contributed by atoms with Crippen LogP contribution in [0.15, 0.2) is 40.9 Å². The summed E-state index contributed by atoms with van der Waals surface area (Å²) >= 11 is 7.42. The molecular weight excluding hydrogens is 342 g/mol. The highest BCUT2D eigenvalue weighted by molar-refractivity contribution is 8.27. The predicted octanol–water partition coefficient (Wildman–Crippen LogP) is 3.46. The molecule has 0 unspecified atom stereocenters. The summed E-state index contributed by atoms with van der Waals surface area (Å²) in [5.74, 6) is -0.253. The van der Waals surface area contributed by atoms with Crippen LogP contribution >= 0.6 is 35.3 Å². The van der Waals surface area contributed by atoms with E-state index in [0.29, 0.717) is 20.5 Å². The number of hydrogen-bond acceptors (Lipinski definition) is 7. The number of carbonyl (C=O) groups is 1. The second-order valence-electron chi connectivity index (χ2n) is 4.20. The van der Waals surface area contributed by atoms with Gasteiger partial charge in [0, 0.05) is 17.6 Å². The number of carbonyl (C=O) groups excluding carboxylic acids is 1. The molecule has 3 heterocycles. The van der Waals surface area contributed by atoms with Crippen molar-refractivity contribution in [1.29, 1.82) is 0 Å². The molecule has 3 rings (SSSR count). The Bertz CT molecular complexity index is 801. The number of hydrogen-bond donors (Lipinski definition) is 0. The fourth-order valence-corrected chi connectivity index (χ4v) is 3.82. The molecule has 0 bridgehead atoms. The Labute approximate surface area is 138 Å². The van der Waals surface area contributed by atoms with E-state index in [1.807, 2.05) is 0 Å². The second kappa shape index (κ2) is 5.95. The van der Waals surface area contributed by atoms with E-state index < -0.39 is 4.92 Å². The summed E-state index contributed by atoms with van der Waals surface area (Å²) in [4.78, 5) is 28.5. The highest BCUT2D eigenvalue weighted by atomic mass is 32.2. The Hall–Kier alpha value is -2.10. The lowest BCUT2D eigenvalue weighted by Crippen LogP contribution is -2.27. The van der Waals surface area contributed by atoms with E-state index in [1.54, 1.807) is 36.0 Å². The number of amides is 1. The van der Waals surface area contributed by atoms with Crippen molar-refractivity contribution in [3.05, 3.63) is 56.6 Å². The van der Waals surface area contributed by atoms with E-state index in [0.717, 1.165) is 11.3 Å². The van der Waals surface area contributed by atoms with Crippen molar-refractivity contribution in [3.63, 3.8) is 0 Å². The van der Waals surface area contributed by atoms with Gasteiger partial charge in [-0.25, -0.2) is 0 Å². The van der Waals surface area contributed by atoms with Gasteiger partial charge in [-0.05, 0) is 23.8 Å². The van der Waals surface area contributed by atoms with Crippen molar-refractivity contribution in [3.8, 4) is 0 Å². The van der Waals surface area contributed by atoms with E-state index >= 15 is 0 Å². The van der Waals surface area contributed by atoms with E-state index in [9.17, 15) is 14.9 Å². The first-order chi connectivity index (χ1) is 10.6. The molecule has 0 aliphatic carbocycles. The topological polar surface area (TPSA) is 76.3 Å². The standard InChI is InChI=1S/C13H7N3O3S3/c17-12-10(4-8-5-11(16(18)19)21-7-8)22-13(20)15(12)9-2-1-3-14-6-9/h1-7H/b10-4-. The van der Waals surface area contributed by atoms with Crippen molar-refractivity contribution < 1.29 is 9.72 Å². The van der Waals surface area contributed by atoms with Crippen LogP contribution in [0.5, 0.6) is 0 Å². The van der Waals surface area contributed by atoms with E-state index in [1.165, 1.54) is 22.7 Å². The predicted molar refractivity (Wildman–Crippen MR) is 90.9 cm³/mol. The van der Waals surface area contributed by atoms with Crippen LogP contribution in [0.25, 0.3) is 6.08 Å². The first-order valence-corrected chi connectivity index (χ1v) is 8.07.